The summed E-state index contributed by atoms with van der Waals surface area (Å²) < 4.78 is 14.4. The van der Waals surface area contributed by atoms with Gasteiger partial charge in [0.05, 0.1) is 12.6 Å². The van der Waals surface area contributed by atoms with Gasteiger partial charge in [0, 0.05) is 58.1 Å². The number of hydrogen-bond acceptors (Lipinski definition) is 2. The molecule has 29 heavy (non-hydrogen) atoms. The van der Waals surface area contributed by atoms with Crippen LogP contribution in [0, 0.1) is 5.82 Å². The van der Waals surface area contributed by atoms with Gasteiger partial charge in [-0.25, -0.2) is 4.39 Å². The van der Waals surface area contributed by atoms with Crippen LogP contribution in [-0.4, -0.2) is 43.2 Å². The number of rotatable bonds is 4. The van der Waals surface area contributed by atoms with E-state index in [0.717, 1.165) is 44.7 Å². The van der Waals surface area contributed by atoms with Crippen LogP contribution in [0.15, 0.2) is 42.5 Å². The lowest BCUT2D eigenvalue weighted by Crippen LogP contribution is -2.59. The van der Waals surface area contributed by atoms with Crippen molar-refractivity contribution >= 4 is 5.69 Å². The molecule has 3 aliphatic rings. The van der Waals surface area contributed by atoms with Crippen molar-refractivity contribution in [3.8, 4) is 0 Å². The standard InChI is InChI=1S/C25H33FN3/c1-19-3-2-14-29(19,25-10-12-27-16-25)24-9-6-22-18-28(13-11-21(22)15-24)17-20-4-7-23(26)8-5-20/h4-9,15,19,25,27H,2-3,10-14,16-18H2,1H3/q+1. The summed E-state index contributed by atoms with van der Waals surface area (Å²) in [4.78, 5) is 2.49. The van der Waals surface area contributed by atoms with E-state index in [2.05, 4.69) is 35.3 Å². The summed E-state index contributed by atoms with van der Waals surface area (Å²) >= 11 is 0. The second-order valence-electron chi connectivity index (χ2n) is 9.33. The summed E-state index contributed by atoms with van der Waals surface area (Å²) in [6.45, 7) is 9.06. The van der Waals surface area contributed by atoms with E-state index in [4.69, 9.17) is 0 Å². The third-order valence-corrected chi connectivity index (χ3v) is 7.70. The number of nitrogens with zero attached hydrogens (tertiary/aromatic N) is 2. The first-order valence-electron chi connectivity index (χ1n) is 11.3. The Morgan fingerprint density at radius 1 is 1.10 bits per heavy atom. The van der Waals surface area contributed by atoms with Crippen molar-refractivity contribution in [3.63, 3.8) is 0 Å². The minimum atomic E-state index is -0.157. The number of likely N-dealkylation sites (tertiary alicyclic amines) is 1. The SMILES string of the molecule is CC1CCC[N+]1(c1ccc2c(c1)CCN(Cc1ccc(F)cc1)C2)C1CCNC1. The topological polar surface area (TPSA) is 15.3 Å². The van der Waals surface area contributed by atoms with Gasteiger partial charge in [-0.05, 0) is 48.2 Å². The molecule has 3 heterocycles. The molecule has 3 nitrogen and oxygen atoms in total. The van der Waals surface area contributed by atoms with Crippen LogP contribution in [0.2, 0.25) is 0 Å². The maximum Gasteiger partial charge on any atom is 0.133 e. The van der Waals surface area contributed by atoms with Gasteiger partial charge in [-0.1, -0.05) is 18.2 Å². The first-order chi connectivity index (χ1) is 14.1. The fourth-order valence-electron chi connectivity index (χ4n) is 6.11. The Bertz CT molecular complexity index is 859. The zero-order valence-corrected chi connectivity index (χ0v) is 17.5. The lowest BCUT2D eigenvalue weighted by Gasteiger charge is -2.44. The van der Waals surface area contributed by atoms with Crippen LogP contribution in [-0.2, 0) is 19.5 Å². The average Bonchev–Trinajstić information content (AvgIpc) is 3.40. The van der Waals surface area contributed by atoms with Crippen LogP contribution in [0.5, 0.6) is 0 Å². The zero-order chi connectivity index (χ0) is 19.8. The molecule has 4 heteroatoms. The largest absolute Gasteiger partial charge is 0.311 e. The van der Waals surface area contributed by atoms with Crippen molar-refractivity contribution in [3.05, 3.63) is 65.0 Å². The van der Waals surface area contributed by atoms with Crippen molar-refractivity contribution in [2.45, 2.75) is 57.8 Å². The van der Waals surface area contributed by atoms with Crippen molar-refractivity contribution in [2.24, 2.45) is 0 Å². The first kappa shape index (κ1) is 19.2. The summed E-state index contributed by atoms with van der Waals surface area (Å²) in [5.74, 6) is -0.157. The third-order valence-electron chi connectivity index (χ3n) is 7.70. The normalized spacial score (nSPS) is 29.9. The van der Waals surface area contributed by atoms with E-state index >= 15 is 0 Å². The predicted molar refractivity (Wildman–Crippen MR) is 117 cm³/mol. The molecule has 154 valence electrons. The lowest BCUT2D eigenvalue weighted by molar-refractivity contribution is 0.202. The van der Waals surface area contributed by atoms with E-state index in [1.807, 2.05) is 12.1 Å². The van der Waals surface area contributed by atoms with Gasteiger partial charge >= 0.3 is 0 Å². The Kier molecular flexibility index (Phi) is 5.19. The quantitative estimate of drug-likeness (QED) is 0.781. The maximum absolute atomic E-state index is 13.2. The highest BCUT2D eigenvalue weighted by Crippen LogP contribution is 2.40. The average molecular weight is 395 g/mol. The minimum absolute atomic E-state index is 0.157. The van der Waals surface area contributed by atoms with E-state index in [0.29, 0.717) is 0 Å². The molecular weight excluding hydrogens is 361 g/mol. The van der Waals surface area contributed by atoms with Gasteiger partial charge in [0.2, 0.25) is 0 Å². The van der Waals surface area contributed by atoms with Gasteiger partial charge in [-0.2, -0.15) is 0 Å². The highest BCUT2D eigenvalue weighted by molar-refractivity contribution is 5.51. The Balaban J connectivity index is 1.37. The molecule has 3 atom stereocenters. The van der Waals surface area contributed by atoms with Crippen molar-refractivity contribution in [2.75, 3.05) is 26.2 Å². The van der Waals surface area contributed by atoms with E-state index < -0.39 is 0 Å². The summed E-state index contributed by atoms with van der Waals surface area (Å²) in [5.41, 5.74) is 5.75. The van der Waals surface area contributed by atoms with Gasteiger partial charge in [0.15, 0.2) is 0 Å². The molecule has 0 aromatic heterocycles. The third kappa shape index (κ3) is 3.52. The molecule has 2 aromatic carbocycles. The first-order valence-corrected chi connectivity index (χ1v) is 11.3. The van der Waals surface area contributed by atoms with Gasteiger partial charge in [-0.15, -0.1) is 0 Å². The molecule has 0 spiro atoms. The van der Waals surface area contributed by atoms with Gasteiger partial charge in [0.1, 0.15) is 17.5 Å². The van der Waals surface area contributed by atoms with Crippen molar-refractivity contribution in [1.29, 1.82) is 0 Å². The Morgan fingerprint density at radius 2 is 1.97 bits per heavy atom. The van der Waals surface area contributed by atoms with Gasteiger partial charge in [-0.3, -0.25) is 9.38 Å². The van der Waals surface area contributed by atoms with Crippen LogP contribution in [0.3, 0.4) is 0 Å². The molecule has 2 aromatic rings. The highest BCUT2D eigenvalue weighted by Gasteiger charge is 2.48. The van der Waals surface area contributed by atoms with E-state index in [-0.39, 0.29) is 5.82 Å². The minimum Gasteiger partial charge on any atom is -0.311 e. The lowest BCUT2D eigenvalue weighted by atomic mass is 9.96. The molecule has 3 unspecified atom stereocenters. The number of benzene rings is 2. The molecule has 2 saturated heterocycles. The molecular formula is C25H33FN3+. The van der Waals surface area contributed by atoms with E-state index in [1.165, 1.54) is 48.0 Å². The van der Waals surface area contributed by atoms with Crippen molar-refractivity contribution < 1.29 is 4.39 Å². The van der Waals surface area contributed by atoms with Crippen LogP contribution in [0.25, 0.3) is 0 Å². The smallest absolute Gasteiger partial charge is 0.133 e. The zero-order valence-electron chi connectivity index (χ0n) is 17.5. The number of hydrogen-bond donors (Lipinski definition) is 1. The Morgan fingerprint density at radius 3 is 2.69 bits per heavy atom. The Hall–Kier alpha value is -1.75. The predicted octanol–water partition coefficient (Wildman–Crippen LogP) is 4.24. The van der Waals surface area contributed by atoms with E-state index in [1.54, 1.807) is 23.4 Å². The van der Waals surface area contributed by atoms with Crippen molar-refractivity contribution in [1.82, 2.24) is 14.7 Å². The molecule has 0 aliphatic carbocycles. The summed E-state index contributed by atoms with van der Waals surface area (Å²) in [6, 6.07) is 15.8. The molecule has 1 N–H and O–H groups in total. The number of halogens is 1. The summed E-state index contributed by atoms with van der Waals surface area (Å²) in [5, 5.41) is 3.61. The summed E-state index contributed by atoms with van der Waals surface area (Å²) in [7, 11) is 0. The maximum atomic E-state index is 13.2. The monoisotopic (exact) mass is 394 g/mol. The number of fused-ring (bicyclic) bond motifs is 1. The highest BCUT2D eigenvalue weighted by atomic mass is 19.1. The molecule has 0 radical (unpaired) electrons. The number of quaternary nitrogens is 1. The molecule has 0 bridgehead atoms. The van der Waals surface area contributed by atoms with Crippen LogP contribution < -0.4 is 9.80 Å². The number of nitrogens with one attached hydrogen (secondary N) is 1. The fraction of sp³-hybridized carbons (Fsp3) is 0.520. The van der Waals surface area contributed by atoms with Gasteiger partial charge < -0.3 is 5.32 Å². The summed E-state index contributed by atoms with van der Waals surface area (Å²) in [6.07, 6.45) is 5.10. The van der Waals surface area contributed by atoms with Crippen LogP contribution in [0.4, 0.5) is 10.1 Å². The van der Waals surface area contributed by atoms with E-state index in [9.17, 15) is 4.39 Å². The van der Waals surface area contributed by atoms with Crippen LogP contribution in [0.1, 0.15) is 42.9 Å². The van der Waals surface area contributed by atoms with Crippen LogP contribution >= 0.6 is 0 Å². The molecule has 0 amide bonds. The fourth-order valence-corrected chi connectivity index (χ4v) is 6.11. The Labute approximate surface area is 174 Å². The second-order valence-corrected chi connectivity index (χ2v) is 9.33. The molecule has 3 aliphatic heterocycles. The molecule has 5 rings (SSSR count). The molecule has 0 saturated carbocycles. The molecule has 2 fully saturated rings. The van der Waals surface area contributed by atoms with Gasteiger partial charge in [0.25, 0.3) is 0 Å². The second kappa shape index (κ2) is 7.82.